The van der Waals surface area contributed by atoms with Crippen molar-refractivity contribution in [1.82, 2.24) is 15.1 Å². The van der Waals surface area contributed by atoms with Crippen LogP contribution in [0.3, 0.4) is 0 Å². The maximum Gasteiger partial charge on any atom is 0.330 e. The van der Waals surface area contributed by atoms with Crippen molar-refractivity contribution in [3.63, 3.8) is 0 Å². The molecule has 1 heterocycles. The van der Waals surface area contributed by atoms with E-state index in [-0.39, 0.29) is 10.6 Å². The smallest absolute Gasteiger partial charge is 0.330 e. The summed E-state index contributed by atoms with van der Waals surface area (Å²) >= 11 is 5.59. The molecule has 2 aromatic rings. The third-order valence-electron chi connectivity index (χ3n) is 3.54. The molecule has 2 N–H and O–H groups in total. The first kappa shape index (κ1) is 17.0. The van der Waals surface area contributed by atoms with Gasteiger partial charge in [-0.1, -0.05) is 17.7 Å². The highest BCUT2D eigenvalue weighted by Gasteiger charge is 2.26. The van der Waals surface area contributed by atoms with Crippen LogP contribution < -0.4 is 5.32 Å². The van der Waals surface area contributed by atoms with E-state index >= 15 is 0 Å². The third kappa shape index (κ3) is 3.34. The number of hydrogen-bond donors (Lipinski definition) is 2. The van der Waals surface area contributed by atoms with Crippen LogP contribution in [0, 0.1) is 19.7 Å². The number of benzene rings is 1. The van der Waals surface area contributed by atoms with E-state index in [4.69, 9.17) is 11.6 Å². The van der Waals surface area contributed by atoms with E-state index in [1.54, 1.807) is 20.9 Å². The van der Waals surface area contributed by atoms with Gasteiger partial charge in [-0.05, 0) is 31.5 Å². The third-order valence-corrected chi connectivity index (χ3v) is 3.84. The minimum atomic E-state index is -1.40. The number of carbonyl (C=O) groups is 2. The van der Waals surface area contributed by atoms with Gasteiger partial charge in [-0.3, -0.25) is 9.48 Å². The van der Waals surface area contributed by atoms with Gasteiger partial charge in [0.1, 0.15) is 5.82 Å². The Morgan fingerprint density at radius 3 is 2.52 bits per heavy atom. The molecule has 2 rings (SSSR count). The molecule has 23 heavy (non-hydrogen) atoms. The predicted molar refractivity (Wildman–Crippen MR) is 81.9 cm³/mol. The van der Waals surface area contributed by atoms with Crippen LogP contribution in [-0.4, -0.2) is 26.8 Å². The van der Waals surface area contributed by atoms with Crippen LogP contribution in [0.2, 0.25) is 5.02 Å². The molecule has 1 aromatic carbocycles. The number of amides is 1. The zero-order valence-corrected chi connectivity index (χ0v) is 13.5. The molecule has 122 valence electrons. The molecule has 6 nitrogen and oxygen atoms in total. The maximum absolute atomic E-state index is 13.5. The maximum atomic E-state index is 13.5. The molecular weight excluding hydrogens is 325 g/mol. The lowest BCUT2D eigenvalue weighted by atomic mass is 10.1. The fraction of sp³-hybridized carbons (Fsp3) is 0.267. The average Bonchev–Trinajstić information content (AvgIpc) is 2.72. The van der Waals surface area contributed by atoms with Crippen LogP contribution >= 0.6 is 11.6 Å². The number of aryl methyl sites for hydroxylation is 2. The standard InChI is InChI=1S/C15H15ClFN3O3/c1-7-12(8(2)20(3)19-7)14(21)18-13(15(22)23)9-4-5-10(16)11(17)6-9/h4-6,13H,1-3H3,(H,18,21)(H,22,23)/t13-/m1/s1. The lowest BCUT2D eigenvalue weighted by Crippen LogP contribution is -2.34. The van der Waals surface area contributed by atoms with E-state index in [1.165, 1.54) is 16.8 Å². The second-order valence-electron chi connectivity index (χ2n) is 5.09. The van der Waals surface area contributed by atoms with Crippen molar-refractivity contribution in [2.45, 2.75) is 19.9 Å². The van der Waals surface area contributed by atoms with Crippen LogP contribution in [0.1, 0.15) is 33.4 Å². The van der Waals surface area contributed by atoms with Crippen molar-refractivity contribution in [2.24, 2.45) is 7.05 Å². The van der Waals surface area contributed by atoms with Crippen molar-refractivity contribution in [3.05, 3.63) is 51.6 Å². The Morgan fingerprint density at radius 2 is 2.04 bits per heavy atom. The summed E-state index contributed by atoms with van der Waals surface area (Å²) in [7, 11) is 1.68. The van der Waals surface area contributed by atoms with Gasteiger partial charge in [-0.15, -0.1) is 0 Å². The van der Waals surface area contributed by atoms with Gasteiger partial charge in [0.2, 0.25) is 0 Å². The molecule has 8 heteroatoms. The number of nitrogens with zero attached hydrogens (tertiary/aromatic N) is 2. The molecule has 0 unspecified atom stereocenters. The highest BCUT2D eigenvalue weighted by Crippen LogP contribution is 2.22. The number of hydrogen-bond acceptors (Lipinski definition) is 3. The summed E-state index contributed by atoms with van der Waals surface area (Å²) < 4.78 is 15.1. The van der Waals surface area contributed by atoms with Crippen LogP contribution in [0.4, 0.5) is 4.39 Å². The Balaban J connectivity index is 2.34. The number of rotatable bonds is 4. The van der Waals surface area contributed by atoms with Crippen LogP contribution in [-0.2, 0) is 11.8 Å². The van der Waals surface area contributed by atoms with E-state index in [0.717, 1.165) is 6.07 Å². The normalized spacial score (nSPS) is 12.0. The first-order chi connectivity index (χ1) is 10.7. The summed E-state index contributed by atoms with van der Waals surface area (Å²) in [6.07, 6.45) is 0. The molecule has 0 saturated carbocycles. The van der Waals surface area contributed by atoms with Gasteiger partial charge >= 0.3 is 5.97 Å². The molecule has 1 atom stereocenters. The molecular formula is C15H15ClFN3O3. The Kier molecular flexibility index (Phi) is 4.70. The Morgan fingerprint density at radius 1 is 1.39 bits per heavy atom. The lowest BCUT2D eigenvalue weighted by molar-refractivity contribution is -0.139. The summed E-state index contributed by atoms with van der Waals surface area (Å²) in [5, 5.41) is 15.7. The lowest BCUT2D eigenvalue weighted by Gasteiger charge is -2.15. The zero-order valence-electron chi connectivity index (χ0n) is 12.7. The molecule has 0 radical (unpaired) electrons. The molecule has 0 aliphatic rings. The molecule has 0 aliphatic carbocycles. The Labute approximate surface area is 136 Å². The first-order valence-corrected chi connectivity index (χ1v) is 7.09. The number of nitrogens with one attached hydrogen (secondary N) is 1. The van der Waals surface area contributed by atoms with E-state index in [1.807, 2.05) is 0 Å². The second-order valence-corrected chi connectivity index (χ2v) is 5.49. The molecule has 0 fully saturated rings. The number of carboxylic acids is 1. The number of halogens is 2. The van der Waals surface area contributed by atoms with Gasteiger partial charge in [0.15, 0.2) is 6.04 Å². The molecule has 0 bridgehead atoms. The van der Waals surface area contributed by atoms with Crippen molar-refractivity contribution in [1.29, 1.82) is 0 Å². The van der Waals surface area contributed by atoms with E-state index in [0.29, 0.717) is 17.0 Å². The highest BCUT2D eigenvalue weighted by atomic mass is 35.5. The van der Waals surface area contributed by atoms with E-state index in [2.05, 4.69) is 10.4 Å². The first-order valence-electron chi connectivity index (χ1n) is 6.71. The van der Waals surface area contributed by atoms with Gasteiger partial charge in [-0.25, -0.2) is 9.18 Å². The van der Waals surface area contributed by atoms with E-state index < -0.39 is 23.7 Å². The van der Waals surface area contributed by atoms with E-state index in [9.17, 15) is 19.1 Å². The fourth-order valence-corrected chi connectivity index (χ4v) is 2.40. The summed E-state index contributed by atoms with van der Waals surface area (Å²) in [5.74, 6) is -2.64. The average molecular weight is 340 g/mol. The number of carbonyl (C=O) groups excluding carboxylic acids is 1. The predicted octanol–water partition coefficient (Wildman–Crippen LogP) is 2.39. The number of carboxylic acid groups (broad SMARTS) is 1. The molecule has 1 aromatic heterocycles. The summed E-state index contributed by atoms with van der Waals surface area (Å²) in [6.45, 7) is 3.35. The van der Waals surface area contributed by atoms with Crippen LogP contribution in [0.15, 0.2) is 18.2 Å². The Hall–Kier alpha value is -2.41. The minimum absolute atomic E-state index is 0.0898. The molecule has 0 spiro atoms. The fourth-order valence-electron chi connectivity index (χ4n) is 2.29. The monoisotopic (exact) mass is 339 g/mol. The SMILES string of the molecule is Cc1nn(C)c(C)c1C(=O)N[C@@H](C(=O)O)c1ccc(Cl)c(F)c1. The Bertz CT molecular complexity index is 789. The topological polar surface area (TPSA) is 84.2 Å². The number of aromatic nitrogens is 2. The summed E-state index contributed by atoms with van der Waals surface area (Å²) in [5.41, 5.74) is 1.47. The summed E-state index contributed by atoms with van der Waals surface area (Å²) in [6, 6.07) is 2.19. The van der Waals surface area contributed by atoms with Crippen LogP contribution in [0.5, 0.6) is 0 Å². The zero-order chi connectivity index (χ0) is 17.3. The molecule has 1 amide bonds. The van der Waals surface area contributed by atoms with Crippen molar-refractivity contribution < 1.29 is 19.1 Å². The van der Waals surface area contributed by atoms with Gasteiger partial charge < -0.3 is 10.4 Å². The second kappa shape index (κ2) is 6.37. The summed E-state index contributed by atoms with van der Waals surface area (Å²) in [4.78, 5) is 23.8. The van der Waals surface area contributed by atoms with Gasteiger partial charge in [0.25, 0.3) is 5.91 Å². The van der Waals surface area contributed by atoms with Crippen LogP contribution in [0.25, 0.3) is 0 Å². The van der Waals surface area contributed by atoms with Crippen molar-refractivity contribution in [3.8, 4) is 0 Å². The van der Waals surface area contributed by atoms with Crippen molar-refractivity contribution in [2.75, 3.05) is 0 Å². The van der Waals surface area contributed by atoms with Crippen molar-refractivity contribution >= 4 is 23.5 Å². The number of aliphatic carboxylic acids is 1. The van der Waals surface area contributed by atoms with Gasteiger partial charge in [0, 0.05) is 12.7 Å². The quantitative estimate of drug-likeness (QED) is 0.895. The van der Waals surface area contributed by atoms with Gasteiger partial charge in [0.05, 0.1) is 16.3 Å². The minimum Gasteiger partial charge on any atom is -0.479 e. The highest BCUT2D eigenvalue weighted by molar-refractivity contribution is 6.30. The van der Waals surface area contributed by atoms with Gasteiger partial charge in [-0.2, -0.15) is 5.10 Å². The largest absolute Gasteiger partial charge is 0.479 e. The molecule has 0 saturated heterocycles. The molecule has 0 aliphatic heterocycles.